The highest BCUT2D eigenvalue weighted by molar-refractivity contribution is 5.90. The van der Waals surface area contributed by atoms with E-state index in [1.807, 2.05) is 33.0 Å². The van der Waals surface area contributed by atoms with Crippen molar-refractivity contribution in [1.82, 2.24) is 35.2 Å². The van der Waals surface area contributed by atoms with Gasteiger partial charge in [-0.3, -0.25) is 9.78 Å². The highest BCUT2D eigenvalue weighted by atomic mass is 16.2. The molecule has 26 heavy (non-hydrogen) atoms. The van der Waals surface area contributed by atoms with Gasteiger partial charge in [-0.05, 0) is 56.5 Å². The van der Waals surface area contributed by atoms with Gasteiger partial charge in [-0.15, -0.1) is 5.10 Å². The molecule has 0 bridgehead atoms. The molecule has 4 rings (SSSR count). The van der Waals surface area contributed by atoms with Gasteiger partial charge in [0.2, 0.25) is 5.82 Å². The van der Waals surface area contributed by atoms with Crippen LogP contribution in [0.3, 0.4) is 0 Å². The third-order valence-corrected chi connectivity index (χ3v) is 4.72. The molecule has 134 valence electrons. The lowest BCUT2D eigenvalue weighted by Gasteiger charge is -2.21. The summed E-state index contributed by atoms with van der Waals surface area (Å²) in [5.74, 6) is 0.260. The molecule has 0 saturated carbocycles. The van der Waals surface area contributed by atoms with Gasteiger partial charge in [0.25, 0.3) is 11.7 Å². The summed E-state index contributed by atoms with van der Waals surface area (Å²) >= 11 is 0. The molecule has 0 fully saturated rings. The van der Waals surface area contributed by atoms with Crippen LogP contribution in [0.25, 0.3) is 5.78 Å². The summed E-state index contributed by atoms with van der Waals surface area (Å²) in [4.78, 5) is 25.6. The molecule has 0 saturated heterocycles. The fourth-order valence-corrected chi connectivity index (χ4v) is 3.39. The second kappa shape index (κ2) is 6.45. The number of amides is 1. The van der Waals surface area contributed by atoms with Gasteiger partial charge < -0.3 is 10.6 Å². The molecule has 0 aliphatic carbocycles. The molecule has 1 aliphatic heterocycles. The van der Waals surface area contributed by atoms with Crippen LogP contribution >= 0.6 is 0 Å². The van der Waals surface area contributed by atoms with E-state index in [9.17, 15) is 4.79 Å². The zero-order chi connectivity index (χ0) is 18.3. The first-order valence-electron chi connectivity index (χ1n) is 8.69. The molecule has 8 heteroatoms. The van der Waals surface area contributed by atoms with E-state index in [2.05, 4.69) is 30.7 Å². The van der Waals surface area contributed by atoms with Crippen LogP contribution < -0.4 is 10.6 Å². The second-order valence-electron chi connectivity index (χ2n) is 6.62. The molecule has 3 aromatic rings. The topological polar surface area (TPSA) is 97.1 Å². The Hall–Kier alpha value is -2.87. The molecular formula is C18H21N7O. The summed E-state index contributed by atoms with van der Waals surface area (Å²) in [6.07, 6.45) is 2.86. The Bertz CT molecular complexity index is 1010. The van der Waals surface area contributed by atoms with Crippen LogP contribution in [0.2, 0.25) is 0 Å². The minimum absolute atomic E-state index is 0.128. The van der Waals surface area contributed by atoms with Crippen molar-refractivity contribution in [1.29, 1.82) is 0 Å². The minimum Gasteiger partial charge on any atom is -0.345 e. The van der Waals surface area contributed by atoms with Gasteiger partial charge in [-0.2, -0.15) is 4.98 Å². The molecule has 0 aromatic carbocycles. The summed E-state index contributed by atoms with van der Waals surface area (Å²) in [6, 6.07) is 1.91. The van der Waals surface area contributed by atoms with E-state index < -0.39 is 0 Å². The third-order valence-electron chi connectivity index (χ3n) is 4.72. The fraction of sp³-hybridized carbons (Fsp3) is 0.389. The van der Waals surface area contributed by atoms with Crippen LogP contribution in [0, 0.1) is 20.8 Å². The van der Waals surface area contributed by atoms with Gasteiger partial charge in [0.1, 0.15) is 0 Å². The van der Waals surface area contributed by atoms with Crippen LogP contribution in [0.1, 0.15) is 44.4 Å². The number of hydrogen-bond donors (Lipinski definition) is 2. The highest BCUT2D eigenvalue weighted by Crippen LogP contribution is 2.20. The first-order valence-corrected chi connectivity index (χ1v) is 8.69. The van der Waals surface area contributed by atoms with Crippen LogP contribution in [0.15, 0.2) is 12.3 Å². The molecule has 1 amide bonds. The predicted octanol–water partition coefficient (Wildman–Crippen LogP) is 1.02. The van der Waals surface area contributed by atoms with Gasteiger partial charge in [-0.25, -0.2) is 9.50 Å². The van der Waals surface area contributed by atoms with Crippen molar-refractivity contribution in [2.75, 3.05) is 6.54 Å². The van der Waals surface area contributed by atoms with Crippen molar-refractivity contribution >= 4 is 11.7 Å². The van der Waals surface area contributed by atoms with Crippen molar-refractivity contribution in [2.24, 2.45) is 0 Å². The fourth-order valence-electron chi connectivity index (χ4n) is 3.39. The summed E-state index contributed by atoms with van der Waals surface area (Å²) < 4.78 is 1.59. The van der Waals surface area contributed by atoms with Crippen LogP contribution in [0.4, 0.5) is 0 Å². The largest absolute Gasteiger partial charge is 0.345 e. The molecule has 2 N–H and O–H groups in total. The van der Waals surface area contributed by atoms with E-state index in [1.165, 1.54) is 11.1 Å². The van der Waals surface area contributed by atoms with E-state index in [1.54, 1.807) is 4.52 Å². The number of fused-ring (bicyclic) bond motifs is 2. The Morgan fingerprint density at radius 1 is 1.31 bits per heavy atom. The Kier molecular flexibility index (Phi) is 4.12. The average molecular weight is 351 g/mol. The number of rotatable bonds is 3. The van der Waals surface area contributed by atoms with Crippen LogP contribution in [-0.4, -0.2) is 37.0 Å². The van der Waals surface area contributed by atoms with E-state index >= 15 is 0 Å². The summed E-state index contributed by atoms with van der Waals surface area (Å²) in [7, 11) is 0. The van der Waals surface area contributed by atoms with Gasteiger partial charge in [-0.1, -0.05) is 0 Å². The van der Waals surface area contributed by atoms with E-state index in [0.717, 1.165) is 42.2 Å². The Morgan fingerprint density at radius 2 is 2.15 bits per heavy atom. The number of aryl methyl sites for hydroxylation is 3. The third kappa shape index (κ3) is 2.92. The molecular weight excluding hydrogens is 330 g/mol. The van der Waals surface area contributed by atoms with E-state index in [-0.39, 0.29) is 11.7 Å². The lowest BCUT2D eigenvalue weighted by Crippen LogP contribution is -2.29. The van der Waals surface area contributed by atoms with Gasteiger partial charge in [0.05, 0.1) is 0 Å². The summed E-state index contributed by atoms with van der Waals surface area (Å²) in [5, 5.41) is 10.6. The average Bonchev–Trinajstić information content (AvgIpc) is 3.05. The zero-order valence-corrected chi connectivity index (χ0v) is 15.1. The number of hydrogen-bond acceptors (Lipinski definition) is 6. The normalized spacial score (nSPS) is 13.7. The summed E-state index contributed by atoms with van der Waals surface area (Å²) in [5.41, 5.74) is 6.26. The molecule has 0 unspecified atom stereocenters. The van der Waals surface area contributed by atoms with Crippen molar-refractivity contribution in [3.8, 4) is 0 Å². The number of pyridine rings is 1. The van der Waals surface area contributed by atoms with E-state index in [0.29, 0.717) is 12.3 Å². The maximum absolute atomic E-state index is 12.6. The molecule has 4 heterocycles. The highest BCUT2D eigenvalue weighted by Gasteiger charge is 2.18. The Morgan fingerprint density at radius 3 is 3.00 bits per heavy atom. The van der Waals surface area contributed by atoms with Crippen molar-refractivity contribution in [3.05, 3.63) is 51.9 Å². The SMILES string of the molecule is Cc1cc(C)n2nc(C(=O)NCc3c(C)ncc4c3CCNC4)nc2n1. The van der Waals surface area contributed by atoms with Crippen LogP contribution in [-0.2, 0) is 19.5 Å². The molecule has 0 radical (unpaired) electrons. The number of carbonyl (C=O) groups excluding carboxylic acids is 1. The maximum Gasteiger partial charge on any atom is 0.291 e. The summed E-state index contributed by atoms with van der Waals surface area (Å²) in [6.45, 7) is 7.96. The smallest absolute Gasteiger partial charge is 0.291 e. The van der Waals surface area contributed by atoms with Crippen molar-refractivity contribution < 1.29 is 4.79 Å². The number of nitrogens with one attached hydrogen (secondary N) is 2. The standard InChI is InChI=1S/C18H21N7O/c1-10-6-11(2)25-18(22-10)23-16(24-25)17(26)21-9-15-12(3)20-8-13-7-19-5-4-14(13)15/h6,8,19H,4-5,7,9H2,1-3H3,(H,21,26). The molecule has 8 nitrogen and oxygen atoms in total. The van der Waals surface area contributed by atoms with Crippen LogP contribution in [0.5, 0.6) is 0 Å². The maximum atomic E-state index is 12.6. The number of nitrogens with zero attached hydrogens (tertiary/aromatic N) is 5. The first-order chi connectivity index (χ1) is 12.5. The predicted molar refractivity (Wildman–Crippen MR) is 95.8 cm³/mol. The number of aromatic nitrogens is 5. The van der Waals surface area contributed by atoms with Gasteiger partial charge in [0.15, 0.2) is 0 Å². The second-order valence-corrected chi connectivity index (χ2v) is 6.62. The Balaban J connectivity index is 1.57. The van der Waals surface area contributed by atoms with Crippen molar-refractivity contribution in [3.63, 3.8) is 0 Å². The van der Waals surface area contributed by atoms with Crippen molar-refractivity contribution in [2.45, 2.75) is 40.3 Å². The number of carbonyl (C=O) groups is 1. The monoisotopic (exact) mass is 351 g/mol. The Labute approximate surface area is 151 Å². The molecule has 3 aromatic heterocycles. The zero-order valence-electron chi connectivity index (χ0n) is 15.1. The minimum atomic E-state index is -0.307. The van der Waals surface area contributed by atoms with Gasteiger partial charge >= 0.3 is 0 Å². The van der Waals surface area contributed by atoms with E-state index in [4.69, 9.17) is 0 Å². The lowest BCUT2D eigenvalue weighted by atomic mass is 9.96. The molecule has 0 spiro atoms. The quantitative estimate of drug-likeness (QED) is 0.731. The lowest BCUT2D eigenvalue weighted by molar-refractivity contribution is 0.0940. The van der Waals surface area contributed by atoms with Gasteiger partial charge in [0, 0.05) is 36.4 Å². The molecule has 0 atom stereocenters. The first kappa shape index (κ1) is 16.6. The molecule has 1 aliphatic rings.